The molecule has 0 aromatic heterocycles. The van der Waals surface area contributed by atoms with Crippen molar-refractivity contribution in [3.63, 3.8) is 0 Å². The Morgan fingerprint density at radius 1 is 0.935 bits per heavy atom. The fraction of sp³-hybridized carbons (Fsp3) is 0.391. The Labute approximate surface area is 191 Å². The van der Waals surface area contributed by atoms with E-state index in [1.807, 2.05) is 17.0 Å². The quantitative estimate of drug-likeness (QED) is 0.676. The lowest BCUT2D eigenvalue weighted by atomic mass is 10.0. The summed E-state index contributed by atoms with van der Waals surface area (Å²) in [7, 11) is 0. The average Bonchev–Trinajstić information content (AvgIpc) is 3.54. The van der Waals surface area contributed by atoms with Gasteiger partial charge in [0.2, 0.25) is 5.91 Å². The number of ether oxygens (including phenoxy) is 2. The molecule has 2 aliphatic rings. The molecule has 2 atom stereocenters. The standard InChI is InChI=1S/C23H24Cl2N2O4/c24-15-1-5-18(6-2-15)30-14-22(28)26-17-9-11-27(12-10-17)23(29)20-13-21(20)31-19-7-3-16(25)4-8-19/h1-8,17,20-21H,9-14H2,(H,26,28)/t20-,21+/m1/s1. The fourth-order valence-electron chi connectivity index (χ4n) is 3.68. The highest BCUT2D eigenvalue weighted by Crippen LogP contribution is 2.37. The van der Waals surface area contributed by atoms with E-state index in [2.05, 4.69) is 5.32 Å². The van der Waals surface area contributed by atoms with Gasteiger partial charge in [-0.15, -0.1) is 0 Å². The summed E-state index contributed by atoms with van der Waals surface area (Å²) in [5.74, 6) is 1.20. The van der Waals surface area contributed by atoms with Gasteiger partial charge in [-0.3, -0.25) is 9.59 Å². The molecule has 1 aliphatic heterocycles. The van der Waals surface area contributed by atoms with Crippen molar-refractivity contribution < 1.29 is 19.1 Å². The number of hydrogen-bond acceptors (Lipinski definition) is 4. The summed E-state index contributed by atoms with van der Waals surface area (Å²) in [6.07, 6.45) is 2.12. The minimum atomic E-state index is -0.168. The SMILES string of the molecule is O=C(COc1ccc(Cl)cc1)NC1CCN(C(=O)[C@@H]2C[C@@H]2Oc2ccc(Cl)cc2)CC1. The minimum absolute atomic E-state index is 0.0469. The lowest BCUT2D eigenvalue weighted by molar-refractivity contribution is -0.134. The van der Waals surface area contributed by atoms with Gasteiger partial charge in [-0.1, -0.05) is 23.2 Å². The van der Waals surface area contributed by atoms with Crippen LogP contribution in [0.25, 0.3) is 0 Å². The van der Waals surface area contributed by atoms with Crippen molar-refractivity contribution in [1.29, 1.82) is 0 Å². The van der Waals surface area contributed by atoms with Crippen molar-refractivity contribution in [2.24, 2.45) is 5.92 Å². The summed E-state index contributed by atoms with van der Waals surface area (Å²) in [6.45, 7) is 1.21. The largest absolute Gasteiger partial charge is 0.490 e. The Hall–Kier alpha value is -2.44. The van der Waals surface area contributed by atoms with Gasteiger partial charge < -0.3 is 19.7 Å². The molecule has 2 aromatic rings. The van der Waals surface area contributed by atoms with Gasteiger partial charge in [0.25, 0.3) is 5.91 Å². The maximum Gasteiger partial charge on any atom is 0.258 e. The van der Waals surface area contributed by atoms with Crippen LogP contribution in [0.3, 0.4) is 0 Å². The van der Waals surface area contributed by atoms with Crippen molar-refractivity contribution in [3.8, 4) is 11.5 Å². The van der Waals surface area contributed by atoms with E-state index in [0.717, 1.165) is 25.0 Å². The smallest absolute Gasteiger partial charge is 0.258 e. The lowest BCUT2D eigenvalue weighted by Gasteiger charge is -2.32. The summed E-state index contributed by atoms with van der Waals surface area (Å²) >= 11 is 11.7. The molecule has 1 N–H and O–H groups in total. The van der Waals surface area contributed by atoms with E-state index >= 15 is 0 Å². The third kappa shape index (κ3) is 6.05. The van der Waals surface area contributed by atoms with Gasteiger partial charge in [-0.05, 0) is 61.4 Å². The third-order valence-corrected chi connectivity index (χ3v) is 6.01. The Balaban J connectivity index is 1.16. The van der Waals surface area contributed by atoms with Crippen molar-refractivity contribution in [3.05, 3.63) is 58.6 Å². The minimum Gasteiger partial charge on any atom is -0.490 e. The van der Waals surface area contributed by atoms with Gasteiger partial charge in [0.05, 0.1) is 5.92 Å². The maximum absolute atomic E-state index is 12.7. The second-order valence-corrected chi connectivity index (χ2v) is 8.73. The molecule has 164 valence electrons. The first kappa shape index (κ1) is 21.8. The molecule has 1 saturated heterocycles. The van der Waals surface area contributed by atoms with Crippen LogP contribution in [-0.2, 0) is 9.59 Å². The Morgan fingerprint density at radius 2 is 1.52 bits per heavy atom. The zero-order chi connectivity index (χ0) is 21.8. The molecule has 0 bridgehead atoms. The number of nitrogens with one attached hydrogen (secondary N) is 1. The highest BCUT2D eigenvalue weighted by atomic mass is 35.5. The topological polar surface area (TPSA) is 67.9 Å². The molecule has 0 spiro atoms. The highest BCUT2D eigenvalue weighted by Gasteiger charge is 2.47. The molecule has 2 aromatic carbocycles. The van der Waals surface area contributed by atoms with Gasteiger partial charge in [0.1, 0.15) is 17.6 Å². The number of rotatable bonds is 7. The average molecular weight is 463 g/mol. The second kappa shape index (κ2) is 9.79. The van der Waals surface area contributed by atoms with Crippen LogP contribution in [-0.4, -0.2) is 48.6 Å². The van der Waals surface area contributed by atoms with Crippen LogP contribution >= 0.6 is 23.2 Å². The molecular formula is C23H24Cl2N2O4. The number of carbonyl (C=O) groups is 2. The lowest BCUT2D eigenvalue weighted by Crippen LogP contribution is -2.48. The van der Waals surface area contributed by atoms with Crippen LogP contribution in [0.4, 0.5) is 0 Å². The molecule has 0 unspecified atom stereocenters. The molecule has 1 saturated carbocycles. The van der Waals surface area contributed by atoms with Crippen LogP contribution in [0, 0.1) is 5.92 Å². The molecule has 1 heterocycles. The van der Waals surface area contributed by atoms with E-state index in [1.54, 1.807) is 36.4 Å². The zero-order valence-corrected chi connectivity index (χ0v) is 18.4. The molecule has 4 rings (SSSR count). The molecule has 31 heavy (non-hydrogen) atoms. The molecule has 2 fully saturated rings. The maximum atomic E-state index is 12.7. The van der Waals surface area contributed by atoms with E-state index in [-0.39, 0.29) is 36.5 Å². The van der Waals surface area contributed by atoms with Crippen LogP contribution in [0.5, 0.6) is 11.5 Å². The first-order valence-corrected chi connectivity index (χ1v) is 11.1. The highest BCUT2D eigenvalue weighted by molar-refractivity contribution is 6.30. The molecule has 0 radical (unpaired) electrons. The fourth-order valence-corrected chi connectivity index (χ4v) is 3.93. The predicted molar refractivity (Wildman–Crippen MR) is 119 cm³/mol. The second-order valence-electron chi connectivity index (χ2n) is 7.86. The number of piperidine rings is 1. The van der Waals surface area contributed by atoms with Gasteiger partial charge in [-0.25, -0.2) is 0 Å². The normalized spacial score (nSPS) is 20.8. The first-order chi connectivity index (χ1) is 15.0. The molecule has 1 aliphatic carbocycles. The molecular weight excluding hydrogens is 439 g/mol. The molecule has 6 nitrogen and oxygen atoms in total. The van der Waals surface area contributed by atoms with Gasteiger partial charge in [0, 0.05) is 35.6 Å². The van der Waals surface area contributed by atoms with E-state index in [0.29, 0.717) is 28.9 Å². The van der Waals surface area contributed by atoms with E-state index in [1.165, 1.54) is 0 Å². The summed E-state index contributed by atoms with van der Waals surface area (Å²) in [5, 5.41) is 4.26. The summed E-state index contributed by atoms with van der Waals surface area (Å²) < 4.78 is 11.3. The van der Waals surface area contributed by atoms with Crippen molar-refractivity contribution in [2.45, 2.75) is 31.4 Å². The number of amides is 2. The third-order valence-electron chi connectivity index (χ3n) is 5.51. The molecule has 2 amide bonds. The summed E-state index contributed by atoms with van der Waals surface area (Å²) in [5.41, 5.74) is 0. The Kier molecular flexibility index (Phi) is 6.88. The van der Waals surface area contributed by atoms with Crippen molar-refractivity contribution >= 4 is 35.0 Å². The summed E-state index contributed by atoms with van der Waals surface area (Å²) in [6, 6.07) is 14.1. The number of halogens is 2. The Bertz CT molecular complexity index is 912. The van der Waals surface area contributed by atoms with Crippen LogP contribution < -0.4 is 14.8 Å². The number of carbonyl (C=O) groups excluding carboxylic acids is 2. The van der Waals surface area contributed by atoms with Gasteiger partial charge >= 0.3 is 0 Å². The van der Waals surface area contributed by atoms with E-state index in [9.17, 15) is 9.59 Å². The number of hydrogen-bond donors (Lipinski definition) is 1. The summed E-state index contributed by atoms with van der Waals surface area (Å²) in [4.78, 5) is 26.8. The van der Waals surface area contributed by atoms with E-state index < -0.39 is 0 Å². The van der Waals surface area contributed by atoms with Crippen molar-refractivity contribution in [1.82, 2.24) is 10.2 Å². The van der Waals surface area contributed by atoms with Crippen LogP contribution in [0.2, 0.25) is 10.0 Å². The van der Waals surface area contributed by atoms with Crippen molar-refractivity contribution in [2.75, 3.05) is 19.7 Å². The molecule has 8 heteroatoms. The Morgan fingerprint density at radius 3 is 2.13 bits per heavy atom. The number of benzene rings is 2. The van der Waals surface area contributed by atoms with Crippen LogP contribution in [0.1, 0.15) is 19.3 Å². The zero-order valence-electron chi connectivity index (χ0n) is 16.9. The van der Waals surface area contributed by atoms with Gasteiger partial charge in [0.15, 0.2) is 6.61 Å². The van der Waals surface area contributed by atoms with Gasteiger partial charge in [-0.2, -0.15) is 0 Å². The number of nitrogens with zero attached hydrogens (tertiary/aromatic N) is 1. The first-order valence-electron chi connectivity index (χ1n) is 10.4. The monoisotopic (exact) mass is 462 g/mol. The predicted octanol–water partition coefficient (Wildman–Crippen LogP) is 3.95. The van der Waals surface area contributed by atoms with Crippen LogP contribution in [0.15, 0.2) is 48.5 Å². The van der Waals surface area contributed by atoms with E-state index in [4.69, 9.17) is 32.7 Å². The number of likely N-dealkylation sites (tertiary alicyclic amines) is 1.